The van der Waals surface area contributed by atoms with Gasteiger partial charge in [0.15, 0.2) is 6.23 Å². The first-order valence-electron chi connectivity index (χ1n) is 11.8. The van der Waals surface area contributed by atoms with Crippen LogP contribution in [0.1, 0.15) is 53.4 Å². The summed E-state index contributed by atoms with van der Waals surface area (Å²) in [6.07, 6.45) is 1.02. The average molecular weight is 492 g/mol. The molecule has 1 atom stereocenters. The van der Waals surface area contributed by atoms with Crippen LogP contribution >= 0.6 is 11.6 Å². The van der Waals surface area contributed by atoms with Crippen LogP contribution in [0.3, 0.4) is 0 Å². The number of nitrogens with zero attached hydrogens (tertiary/aromatic N) is 4. The van der Waals surface area contributed by atoms with Crippen LogP contribution in [-0.2, 0) is 12.0 Å². The summed E-state index contributed by atoms with van der Waals surface area (Å²) in [5.41, 5.74) is 6.34. The van der Waals surface area contributed by atoms with Crippen molar-refractivity contribution in [3.05, 3.63) is 69.4 Å². The first-order valence-corrected chi connectivity index (χ1v) is 12.1. The monoisotopic (exact) mass is 491 g/mol. The van der Waals surface area contributed by atoms with E-state index in [0.29, 0.717) is 11.5 Å². The van der Waals surface area contributed by atoms with Crippen molar-refractivity contribution in [3.8, 4) is 5.88 Å². The van der Waals surface area contributed by atoms with Crippen LogP contribution in [0.4, 0.5) is 17.3 Å². The SMILES string of the molecule is Cc1cccc(C)c1N1C(=O)c2cnc(Nc3cc(Cl)c4c(c3)CN(C)CC4(C)C)nc2OC1C. The zero-order valence-electron chi connectivity index (χ0n) is 20.9. The molecule has 3 heterocycles. The molecule has 2 aliphatic heterocycles. The van der Waals surface area contributed by atoms with Gasteiger partial charge in [0.1, 0.15) is 5.56 Å². The van der Waals surface area contributed by atoms with E-state index in [-0.39, 0.29) is 17.2 Å². The van der Waals surface area contributed by atoms with Crippen molar-refractivity contribution < 1.29 is 9.53 Å². The van der Waals surface area contributed by atoms with Crippen LogP contribution in [0, 0.1) is 13.8 Å². The second kappa shape index (κ2) is 8.50. The number of likely N-dealkylation sites (N-methyl/N-ethyl adjacent to an activating group) is 1. The molecule has 2 aromatic carbocycles. The number of ether oxygens (including phenoxy) is 1. The van der Waals surface area contributed by atoms with Gasteiger partial charge in [-0.05, 0) is 62.2 Å². The lowest BCUT2D eigenvalue weighted by atomic mass is 9.78. The molecule has 182 valence electrons. The Balaban J connectivity index is 1.45. The summed E-state index contributed by atoms with van der Waals surface area (Å²) in [7, 11) is 2.11. The zero-order chi connectivity index (χ0) is 25.1. The third-order valence-corrected chi connectivity index (χ3v) is 7.04. The second-order valence-corrected chi connectivity index (χ2v) is 10.6. The molecule has 0 radical (unpaired) electrons. The van der Waals surface area contributed by atoms with Crippen LogP contribution in [0.15, 0.2) is 36.5 Å². The molecule has 3 aromatic rings. The highest BCUT2D eigenvalue weighted by Crippen LogP contribution is 2.40. The molecular formula is C27H30ClN5O2. The van der Waals surface area contributed by atoms with Gasteiger partial charge in [-0.3, -0.25) is 9.69 Å². The summed E-state index contributed by atoms with van der Waals surface area (Å²) in [6, 6.07) is 9.97. The van der Waals surface area contributed by atoms with Gasteiger partial charge < -0.3 is 15.0 Å². The van der Waals surface area contributed by atoms with Crippen LogP contribution in [0.25, 0.3) is 0 Å². The number of para-hydroxylation sites is 1. The molecule has 0 fully saturated rings. The van der Waals surface area contributed by atoms with Crippen LogP contribution in [-0.4, -0.2) is 40.6 Å². The van der Waals surface area contributed by atoms with Crippen molar-refractivity contribution >= 4 is 34.8 Å². The average Bonchev–Trinajstić information content (AvgIpc) is 2.74. The fourth-order valence-corrected chi connectivity index (χ4v) is 5.98. The van der Waals surface area contributed by atoms with E-state index in [9.17, 15) is 4.79 Å². The van der Waals surface area contributed by atoms with Crippen LogP contribution in [0.5, 0.6) is 5.88 Å². The van der Waals surface area contributed by atoms with Crippen molar-refractivity contribution in [1.29, 1.82) is 0 Å². The predicted octanol–water partition coefficient (Wildman–Crippen LogP) is 5.60. The fraction of sp³-hybridized carbons (Fsp3) is 0.370. The molecule has 0 aliphatic carbocycles. The summed E-state index contributed by atoms with van der Waals surface area (Å²) in [5.74, 6) is 0.445. The number of fused-ring (bicyclic) bond motifs is 2. The van der Waals surface area contributed by atoms with Gasteiger partial charge in [0.25, 0.3) is 5.91 Å². The normalized spacial score (nSPS) is 19.1. The number of nitrogens with one attached hydrogen (secondary N) is 1. The number of halogens is 1. The van der Waals surface area contributed by atoms with Gasteiger partial charge >= 0.3 is 0 Å². The van der Waals surface area contributed by atoms with Crippen LogP contribution < -0.4 is 15.0 Å². The lowest BCUT2D eigenvalue weighted by molar-refractivity contribution is 0.0867. The largest absolute Gasteiger partial charge is 0.453 e. The van der Waals surface area contributed by atoms with Gasteiger partial charge in [-0.15, -0.1) is 0 Å². The highest BCUT2D eigenvalue weighted by atomic mass is 35.5. The molecule has 1 aromatic heterocycles. The zero-order valence-corrected chi connectivity index (χ0v) is 21.7. The maximum Gasteiger partial charge on any atom is 0.268 e. The number of rotatable bonds is 3. The lowest BCUT2D eigenvalue weighted by Crippen LogP contribution is -2.47. The maximum absolute atomic E-state index is 13.4. The van der Waals surface area contributed by atoms with E-state index in [1.54, 1.807) is 4.90 Å². The molecular weight excluding hydrogens is 462 g/mol. The number of carbonyl (C=O) groups is 1. The number of amides is 1. The minimum atomic E-state index is -0.506. The second-order valence-electron chi connectivity index (χ2n) is 10.2. The van der Waals surface area contributed by atoms with E-state index in [1.165, 1.54) is 17.3 Å². The Morgan fingerprint density at radius 3 is 2.63 bits per heavy atom. The molecule has 0 bridgehead atoms. The molecule has 1 unspecified atom stereocenters. The minimum Gasteiger partial charge on any atom is -0.453 e. The third kappa shape index (κ3) is 4.13. The van der Waals surface area contributed by atoms with Crippen molar-refractivity contribution in [2.24, 2.45) is 0 Å². The Hall–Kier alpha value is -3.16. The Morgan fingerprint density at radius 2 is 1.91 bits per heavy atom. The van der Waals surface area contributed by atoms with Crippen molar-refractivity contribution in [2.45, 2.75) is 52.8 Å². The number of hydrogen-bond donors (Lipinski definition) is 1. The molecule has 0 saturated carbocycles. The van der Waals surface area contributed by atoms with E-state index < -0.39 is 6.23 Å². The van der Waals surface area contributed by atoms with Crippen molar-refractivity contribution in [3.63, 3.8) is 0 Å². The van der Waals surface area contributed by atoms with Gasteiger partial charge in [0.05, 0.1) is 5.69 Å². The van der Waals surface area contributed by atoms with E-state index >= 15 is 0 Å². The number of aryl methyl sites for hydroxylation is 2. The molecule has 5 rings (SSSR count). The quantitative estimate of drug-likeness (QED) is 0.514. The lowest BCUT2D eigenvalue weighted by Gasteiger charge is -2.39. The van der Waals surface area contributed by atoms with Gasteiger partial charge in [-0.2, -0.15) is 4.98 Å². The summed E-state index contributed by atoms with van der Waals surface area (Å²) >= 11 is 6.72. The molecule has 2 aliphatic rings. The van der Waals surface area contributed by atoms with Gasteiger partial charge in [0, 0.05) is 35.4 Å². The van der Waals surface area contributed by atoms with Gasteiger partial charge in [0.2, 0.25) is 11.8 Å². The smallest absolute Gasteiger partial charge is 0.268 e. The predicted molar refractivity (Wildman–Crippen MR) is 139 cm³/mol. The van der Waals surface area contributed by atoms with E-state index in [4.69, 9.17) is 16.3 Å². The maximum atomic E-state index is 13.4. The number of benzene rings is 2. The molecule has 8 heteroatoms. The number of aromatic nitrogens is 2. The summed E-state index contributed by atoms with van der Waals surface area (Å²) < 4.78 is 6.09. The Kier molecular flexibility index (Phi) is 5.73. The Morgan fingerprint density at radius 1 is 1.20 bits per heavy atom. The molecule has 1 N–H and O–H groups in total. The molecule has 0 spiro atoms. The standard InChI is InChI=1S/C27H30ClN5O2/c1-15-8-7-9-16(2)23(15)33-17(3)35-24-20(25(33)34)12-29-26(31-24)30-19-10-18-13-32(6)14-27(4,5)22(18)21(28)11-19/h7-12,17H,13-14H2,1-6H3,(H,29,30,31). The first-order chi connectivity index (χ1) is 16.5. The van der Waals surface area contributed by atoms with Crippen molar-refractivity contribution in [1.82, 2.24) is 14.9 Å². The summed E-state index contributed by atoms with van der Waals surface area (Å²) in [4.78, 5) is 26.3. The van der Waals surface area contributed by atoms with E-state index in [1.807, 2.05) is 45.0 Å². The number of carbonyl (C=O) groups excluding carboxylic acids is 1. The topological polar surface area (TPSA) is 70.6 Å². The molecule has 7 nitrogen and oxygen atoms in total. The highest BCUT2D eigenvalue weighted by molar-refractivity contribution is 6.32. The Labute approximate surface area is 211 Å². The summed E-state index contributed by atoms with van der Waals surface area (Å²) in [5, 5.41) is 3.98. The third-order valence-electron chi connectivity index (χ3n) is 6.74. The number of anilines is 3. The fourth-order valence-electron chi connectivity index (χ4n) is 5.49. The van der Waals surface area contributed by atoms with E-state index in [0.717, 1.165) is 40.6 Å². The summed E-state index contributed by atoms with van der Waals surface area (Å²) in [6.45, 7) is 12.0. The number of hydrogen-bond acceptors (Lipinski definition) is 6. The molecule has 0 saturated heterocycles. The van der Waals surface area contributed by atoms with E-state index in [2.05, 4.69) is 47.1 Å². The minimum absolute atomic E-state index is 0.0358. The van der Waals surface area contributed by atoms with Crippen LogP contribution in [0.2, 0.25) is 5.02 Å². The first kappa shape index (κ1) is 23.6. The van der Waals surface area contributed by atoms with Gasteiger partial charge in [-0.25, -0.2) is 4.98 Å². The highest BCUT2D eigenvalue weighted by Gasteiger charge is 2.36. The Bertz CT molecular complexity index is 1320. The molecule has 1 amide bonds. The van der Waals surface area contributed by atoms with Gasteiger partial charge in [-0.1, -0.05) is 43.6 Å². The van der Waals surface area contributed by atoms with Crippen molar-refractivity contribution in [2.75, 3.05) is 23.8 Å². The molecule has 35 heavy (non-hydrogen) atoms.